The summed E-state index contributed by atoms with van der Waals surface area (Å²) in [5.41, 5.74) is 2.61. The first-order chi connectivity index (χ1) is 17.1. The highest BCUT2D eigenvalue weighted by atomic mass is 19.4. The van der Waals surface area contributed by atoms with E-state index in [2.05, 4.69) is 15.2 Å². The molecule has 0 spiro atoms. The van der Waals surface area contributed by atoms with E-state index in [1.165, 1.54) is 30.5 Å². The minimum absolute atomic E-state index is 0.194. The zero-order valence-electron chi connectivity index (χ0n) is 17.8. The first kappa shape index (κ1) is 24.6. The highest BCUT2D eigenvalue weighted by Gasteiger charge is 2.25. The molecule has 0 saturated carbocycles. The molecule has 0 unspecified atom stereocenters. The Balaban J connectivity index is 0.000000455. The smallest absolute Gasteiger partial charge is 0.299 e. The lowest BCUT2D eigenvalue weighted by Crippen LogP contribution is -2.07. The first-order valence-electron chi connectivity index (χ1n) is 10.0. The summed E-state index contributed by atoms with van der Waals surface area (Å²) in [6, 6.07) is 10.7. The van der Waals surface area contributed by atoms with Gasteiger partial charge < -0.3 is 0 Å². The third-order valence-electron chi connectivity index (χ3n) is 5.02. The zero-order chi connectivity index (χ0) is 26.0. The highest BCUT2D eigenvalue weighted by Crippen LogP contribution is 2.34. The molecule has 2 aromatic carbocycles. The van der Waals surface area contributed by atoms with Crippen LogP contribution < -0.4 is 0 Å². The third-order valence-corrected chi connectivity index (χ3v) is 5.02. The Morgan fingerprint density at radius 1 is 0.833 bits per heavy atom. The molecule has 5 nitrogen and oxygen atoms in total. The van der Waals surface area contributed by atoms with Gasteiger partial charge in [0, 0.05) is 22.9 Å². The molecule has 5 aromatic rings. The van der Waals surface area contributed by atoms with E-state index >= 15 is 0 Å². The molecule has 184 valence electrons. The van der Waals surface area contributed by atoms with Gasteiger partial charge in [0.05, 0.1) is 29.3 Å². The van der Waals surface area contributed by atoms with Crippen LogP contribution in [0.4, 0.5) is 30.7 Å². The van der Waals surface area contributed by atoms with Crippen LogP contribution in [0.3, 0.4) is 0 Å². The number of aromatic amines is 1. The molecule has 0 atom stereocenters. The summed E-state index contributed by atoms with van der Waals surface area (Å²) in [6.45, 7) is 0. The standard InChI is InChI=1S/C22H12F4N4.C2HF3O/c23-15-6-4-12(8-18(15)26)19-10-27-20-7-5-13(11-30(19)20)14-9-28-29-22(14)21-16(24)2-1-3-17(21)25;3-2(4,5)1-6/h1-11H,(H,28,29);1H. The molecule has 12 heteroatoms. The van der Waals surface area contributed by atoms with Crippen LogP contribution in [0.2, 0.25) is 0 Å². The third kappa shape index (κ3) is 4.97. The second-order valence-corrected chi connectivity index (χ2v) is 7.33. The number of carbonyl (C=O) groups is 1. The SMILES string of the molecule is Fc1ccc(-c2cnc3ccc(-c4cn[nH]c4-c4c(F)cccc4F)cn23)cc1F.O=CC(F)(F)F. The number of pyridine rings is 1. The minimum Gasteiger partial charge on any atom is -0.299 e. The van der Waals surface area contributed by atoms with Crippen LogP contribution in [0, 0.1) is 23.3 Å². The van der Waals surface area contributed by atoms with Crippen LogP contribution in [0.15, 0.2) is 67.1 Å². The van der Waals surface area contributed by atoms with Gasteiger partial charge >= 0.3 is 6.18 Å². The van der Waals surface area contributed by atoms with E-state index in [0.717, 1.165) is 12.1 Å². The molecule has 0 radical (unpaired) electrons. The molecular weight excluding hydrogens is 493 g/mol. The van der Waals surface area contributed by atoms with E-state index in [-0.39, 0.29) is 11.3 Å². The molecule has 36 heavy (non-hydrogen) atoms. The van der Waals surface area contributed by atoms with Crippen molar-refractivity contribution in [2.75, 3.05) is 0 Å². The summed E-state index contributed by atoms with van der Waals surface area (Å²) in [6.07, 6.45) is -0.992. The molecule has 0 aliphatic carbocycles. The first-order valence-corrected chi connectivity index (χ1v) is 10.0. The second kappa shape index (κ2) is 9.64. The number of hydrogen-bond acceptors (Lipinski definition) is 3. The zero-order valence-corrected chi connectivity index (χ0v) is 17.8. The maximum absolute atomic E-state index is 14.3. The van der Waals surface area contributed by atoms with Gasteiger partial charge in [-0.2, -0.15) is 18.3 Å². The number of rotatable bonds is 3. The van der Waals surface area contributed by atoms with Crippen molar-refractivity contribution in [2.45, 2.75) is 6.18 Å². The lowest BCUT2D eigenvalue weighted by atomic mass is 10.0. The molecule has 5 rings (SSSR count). The predicted molar refractivity (Wildman–Crippen MR) is 116 cm³/mol. The molecule has 1 N–H and O–H groups in total. The summed E-state index contributed by atoms with van der Waals surface area (Å²) in [5.74, 6) is -3.34. The van der Waals surface area contributed by atoms with Gasteiger partial charge in [-0.1, -0.05) is 6.07 Å². The molecule has 0 bridgehead atoms. The van der Waals surface area contributed by atoms with Crippen LogP contribution in [0.5, 0.6) is 0 Å². The summed E-state index contributed by atoms with van der Waals surface area (Å²) in [7, 11) is 0. The van der Waals surface area contributed by atoms with E-state index in [4.69, 9.17) is 4.79 Å². The van der Waals surface area contributed by atoms with Crippen molar-refractivity contribution < 1.29 is 35.5 Å². The fraction of sp³-hybridized carbons (Fsp3) is 0.0417. The number of nitrogens with zero attached hydrogens (tertiary/aromatic N) is 3. The van der Waals surface area contributed by atoms with Crippen molar-refractivity contribution in [1.29, 1.82) is 0 Å². The van der Waals surface area contributed by atoms with Crippen molar-refractivity contribution in [3.63, 3.8) is 0 Å². The summed E-state index contributed by atoms with van der Waals surface area (Å²) >= 11 is 0. The lowest BCUT2D eigenvalue weighted by Gasteiger charge is -2.08. The largest absolute Gasteiger partial charge is 0.446 e. The van der Waals surface area contributed by atoms with Gasteiger partial charge in [0.25, 0.3) is 0 Å². The average molecular weight is 506 g/mol. The monoisotopic (exact) mass is 506 g/mol. The average Bonchev–Trinajstić information content (AvgIpc) is 3.48. The van der Waals surface area contributed by atoms with E-state index in [1.807, 2.05) is 0 Å². The maximum Gasteiger partial charge on any atom is 0.446 e. The van der Waals surface area contributed by atoms with E-state index in [9.17, 15) is 30.7 Å². The minimum atomic E-state index is -4.64. The number of aldehydes is 1. The number of hydrogen-bond donors (Lipinski definition) is 1. The molecule has 0 saturated heterocycles. The van der Waals surface area contributed by atoms with Gasteiger partial charge in [-0.15, -0.1) is 0 Å². The van der Waals surface area contributed by atoms with Crippen LogP contribution in [0.1, 0.15) is 0 Å². The van der Waals surface area contributed by atoms with Crippen molar-refractivity contribution >= 4 is 11.9 Å². The lowest BCUT2D eigenvalue weighted by molar-refractivity contribution is -0.156. The number of aromatic nitrogens is 4. The number of halogens is 7. The molecule has 0 fully saturated rings. The van der Waals surface area contributed by atoms with Crippen LogP contribution in [-0.2, 0) is 4.79 Å². The Hall–Kier alpha value is -4.48. The maximum atomic E-state index is 14.3. The van der Waals surface area contributed by atoms with Crippen LogP contribution in [0.25, 0.3) is 39.3 Å². The summed E-state index contributed by atoms with van der Waals surface area (Å²) in [4.78, 5) is 13.0. The number of fused-ring (bicyclic) bond motifs is 1. The number of nitrogens with one attached hydrogen (secondary N) is 1. The number of alkyl halides is 3. The topological polar surface area (TPSA) is 63.1 Å². The predicted octanol–water partition coefficient (Wildman–Crippen LogP) is 6.36. The fourth-order valence-corrected chi connectivity index (χ4v) is 3.44. The molecular formula is C24H13F7N4O. The van der Waals surface area contributed by atoms with Crippen LogP contribution >= 0.6 is 0 Å². The summed E-state index contributed by atoms with van der Waals surface area (Å²) < 4.78 is 88.5. The van der Waals surface area contributed by atoms with Crippen molar-refractivity contribution in [3.05, 3.63) is 90.4 Å². The van der Waals surface area contributed by atoms with Crippen LogP contribution in [-0.4, -0.2) is 32.0 Å². The Morgan fingerprint density at radius 2 is 1.50 bits per heavy atom. The molecule has 0 aliphatic heterocycles. The normalized spacial score (nSPS) is 11.3. The quantitative estimate of drug-likeness (QED) is 0.229. The van der Waals surface area contributed by atoms with Gasteiger partial charge in [-0.3, -0.25) is 14.3 Å². The van der Waals surface area contributed by atoms with E-state index in [0.29, 0.717) is 28.0 Å². The molecule has 3 heterocycles. The van der Waals surface area contributed by atoms with Gasteiger partial charge in [0.15, 0.2) is 11.6 Å². The Morgan fingerprint density at radius 3 is 2.14 bits per heavy atom. The van der Waals surface area contributed by atoms with Gasteiger partial charge in [-0.05, 0) is 42.5 Å². The van der Waals surface area contributed by atoms with Crippen molar-refractivity contribution in [3.8, 4) is 33.6 Å². The van der Waals surface area contributed by atoms with Crippen molar-refractivity contribution in [1.82, 2.24) is 19.6 Å². The Labute approximate surface area is 197 Å². The van der Waals surface area contributed by atoms with Gasteiger partial charge in [0.1, 0.15) is 17.3 Å². The van der Waals surface area contributed by atoms with E-state index < -0.39 is 35.7 Å². The van der Waals surface area contributed by atoms with Gasteiger partial charge in [0.2, 0.25) is 6.29 Å². The van der Waals surface area contributed by atoms with E-state index in [1.54, 1.807) is 28.9 Å². The molecule has 0 amide bonds. The second-order valence-electron chi connectivity index (χ2n) is 7.33. The molecule has 3 aromatic heterocycles. The Bertz CT molecular complexity index is 1540. The highest BCUT2D eigenvalue weighted by molar-refractivity contribution is 5.81. The van der Waals surface area contributed by atoms with Gasteiger partial charge in [-0.25, -0.2) is 22.5 Å². The number of H-pyrrole nitrogens is 1. The fourth-order valence-electron chi connectivity index (χ4n) is 3.44. The van der Waals surface area contributed by atoms with Crippen molar-refractivity contribution in [2.24, 2.45) is 0 Å². The molecule has 0 aliphatic rings. The number of carbonyl (C=O) groups excluding carboxylic acids is 1. The summed E-state index contributed by atoms with van der Waals surface area (Å²) in [5, 5.41) is 6.61. The Kier molecular flexibility index (Phi) is 6.60. The number of benzene rings is 2. The number of imidazole rings is 1.